The predicted molar refractivity (Wildman–Crippen MR) is 77.8 cm³/mol. The number of esters is 1. The third-order valence-electron chi connectivity index (χ3n) is 3.44. The van der Waals surface area contributed by atoms with Crippen LogP contribution in [-0.2, 0) is 16.6 Å². The summed E-state index contributed by atoms with van der Waals surface area (Å²) in [5, 5.41) is 4.19. The molecule has 1 fully saturated rings. The van der Waals surface area contributed by atoms with Crippen LogP contribution < -0.4 is 0 Å². The minimum Gasteiger partial charge on any atom is -0.458 e. The highest BCUT2D eigenvalue weighted by molar-refractivity contribution is 5.97. The first-order chi connectivity index (χ1) is 9.69. The molecule has 1 aliphatic heterocycles. The van der Waals surface area contributed by atoms with Crippen LogP contribution in [0.5, 0.6) is 0 Å². The van der Waals surface area contributed by atoms with Gasteiger partial charge in [0, 0.05) is 19.8 Å². The van der Waals surface area contributed by atoms with Crippen LogP contribution in [-0.4, -0.2) is 44.7 Å². The second-order valence-electron chi connectivity index (χ2n) is 6.49. The van der Waals surface area contributed by atoms with E-state index < -0.39 is 11.6 Å². The van der Waals surface area contributed by atoms with Crippen LogP contribution >= 0.6 is 0 Å². The molecule has 0 aliphatic carbocycles. The number of hydrogen-bond acceptors (Lipinski definition) is 4. The Morgan fingerprint density at radius 1 is 1.38 bits per heavy atom. The van der Waals surface area contributed by atoms with E-state index in [9.17, 15) is 9.59 Å². The second-order valence-corrected chi connectivity index (χ2v) is 6.49. The van der Waals surface area contributed by atoms with E-state index in [4.69, 9.17) is 4.74 Å². The molecule has 1 aromatic heterocycles. The first-order valence-electron chi connectivity index (χ1n) is 7.23. The maximum atomic E-state index is 12.6. The van der Waals surface area contributed by atoms with Gasteiger partial charge < -0.3 is 9.64 Å². The average Bonchev–Trinajstić information content (AvgIpc) is 2.92. The van der Waals surface area contributed by atoms with Crippen molar-refractivity contribution >= 4 is 11.9 Å². The molecule has 116 valence electrons. The molecule has 0 bridgehead atoms. The van der Waals surface area contributed by atoms with Crippen LogP contribution in [0.15, 0.2) is 6.20 Å². The van der Waals surface area contributed by atoms with Gasteiger partial charge in [0.2, 0.25) is 0 Å². The predicted octanol–water partition coefficient (Wildman–Crippen LogP) is 1.67. The molecule has 6 nitrogen and oxygen atoms in total. The number of amides is 1. The molecule has 2 heterocycles. The van der Waals surface area contributed by atoms with E-state index in [2.05, 4.69) is 5.10 Å². The Labute approximate surface area is 125 Å². The molecule has 1 saturated heterocycles. The van der Waals surface area contributed by atoms with Gasteiger partial charge in [-0.15, -0.1) is 0 Å². The van der Waals surface area contributed by atoms with Gasteiger partial charge in [0.05, 0.1) is 11.3 Å². The Kier molecular flexibility index (Phi) is 4.07. The molecular formula is C15H23N3O3. The van der Waals surface area contributed by atoms with Crippen LogP contribution in [0.3, 0.4) is 0 Å². The minimum atomic E-state index is -0.543. The Morgan fingerprint density at radius 3 is 2.57 bits per heavy atom. The summed E-state index contributed by atoms with van der Waals surface area (Å²) in [5.74, 6) is -0.469. The highest BCUT2D eigenvalue weighted by atomic mass is 16.6. The molecule has 1 aliphatic rings. The van der Waals surface area contributed by atoms with Gasteiger partial charge in [-0.05, 0) is 40.5 Å². The number of hydrogen-bond donors (Lipinski definition) is 0. The summed E-state index contributed by atoms with van der Waals surface area (Å²) < 4.78 is 7.03. The monoisotopic (exact) mass is 293 g/mol. The second kappa shape index (κ2) is 5.50. The molecular weight excluding hydrogens is 270 g/mol. The molecule has 1 amide bonds. The summed E-state index contributed by atoms with van der Waals surface area (Å²) in [4.78, 5) is 26.5. The van der Waals surface area contributed by atoms with Crippen molar-refractivity contribution in [3.8, 4) is 0 Å². The molecule has 21 heavy (non-hydrogen) atoms. The van der Waals surface area contributed by atoms with E-state index >= 15 is 0 Å². The molecule has 0 radical (unpaired) electrons. The zero-order valence-electron chi connectivity index (χ0n) is 13.3. The van der Waals surface area contributed by atoms with Gasteiger partial charge in [0.25, 0.3) is 5.91 Å². The zero-order chi connectivity index (χ0) is 15.8. The van der Waals surface area contributed by atoms with Gasteiger partial charge in [-0.1, -0.05) is 0 Å². The molecule has 6 heteroatoms. The quantitative estimate of drug-likeness (QED) is 0.778. The summed E-state index contributed by atoms with van der Waals surface area (Å²) in [6.07, 6.45) is 3.16. The van der Waals surface area contributed by atoms with Crippen LogP contribution in [0.25, 0.3) is 0 Å². The van der Waals surface area contributed by atoms with E-state index in [1.807, 2.05) is 20.8 Å². The number of aromatic nitrogens is 2. The zero-order valence-corrected chi connectivity index (χ0v) is 13.3. The van der Waals surface area contributed by atoms with Gasteiger partial charge in [-0.2, -0.15) is 5.10 Å². The third-order valence-corrected chi connectivity index (χ3v) is 3.44. The number of aryl methyl sites for hydroxylation is 2. The maximum Gasteiger partial charge on any atom is 0.329 e. The van der Waals surface area contributed by atoms with E-state index in [1.165, 1.54) is 0 Å². The Bertz CT molecular complexity index is 557. The fourth-order valence-electron chi connectivity index (χ4n) is 2.59. The SMILES string of the molecule is Cc1nn(C)cc1C(=O)N1CCC[C@H]1C(=O)OC(C)(C)C. The molecule has 0 spiro atoms. The maximum absolute atomic E-state index is 12.6. The van der Waals surface area contributed by atoms with Crippen molar-refractivity contribution in [2.75, 3.05) is 6.54 Å². The highest BCUT2D eigenvalue weighted by Gasteiger charge is 2.38. The highest BCUT2D eigenvalue weighted by Crippen LogP contribution is 2.23. The average molecular weight is 293 g/mol. The van der Waals surface area contributed by atoms with Crippen molar-refractivity contribution < 1.29 is 14.3 Å². The van der Waals surface area contributed by atoms with Crippen molar-refractivity contribution in [2.24, 2.45) is 7.05 Å². The molecule has 1 atom stereocenters. The summed E-state index contributed by atoms with van der Waals surface area (Å²) in [7, 11) is 1.78. The van der Waals surface area contributed by atoms with E-state index in [0.29, 0.717) is 24.2 Å². The van der Waals surface area contributed by atoms with Gasteiger partial charge in [0.1, 0.15) is 11.6 Å². The molecule has 0 N–H and O–H groups in total. The number of carbonyl (C=O) groups is 2. The Balaban J connectivity index is 2.17. The largest absolute Gasteiger partial charge is 0.458 e. The topological polar surface area (TPSA) is 64.4 Å². The van der Waals surface area contributed by atoms with Crippen LogP contribution in [0, 0.1) is 6.92 Å². The van der Waals surface area contributed by atoms with Crippen molar-refractivity contribution in [2.45, 2.75) is 52.2 Å². The number of ether oxygens (including phenoxy) is 1. The van der Waals surface area contributed by atoms with Crippen molar-refractivity contribution in [3.63, 3.8) is 0 Å². The van der Waals surface area contributed by atoms with E-state index in [-0.39, 0.29) is 11.9 Å². The summed E-state index contributed by atoms with van der Waals surface area (Å²) in [5.41, 5.74) is 0.684. The van der Waals surface area contributed by atoms with Gasteiger partial charge in [0.15, 0.2) is 0 Å². The first-order valence-corrected chi connectivity index (χ1v) is 7.23. The number of likely N-dealkylation sites (tertiary alicyclic amines) is 1. The van der Waals surface area contributed by atoms with Crippen molar-refractivity contribution in [1.29, 1.82) is 0 Å². The first kappa shape index (κ1) is 15.5. The molecule has 1 aromatic rings. The Morgan fingerprint density at radius 2 is 2.05 bits per heavy atom. The summed E-state index contributed by atoms with van der Waals surface area (Å²) >= 11 is 0. The lowest BCUT2D eigenvalue weighted by molar-refractivity contribution is -0.159. The third kappa shape index (κ3) is 3.43. The standard InChI is InChI=1S/C15H23N3O3/c1-10-11(9-17(5)16-10)13(19)18-8-6-7-12(18)14(20)21-15(2,3)4/h9,12H,6-8H2,1-5H3/t12-/m0/s1. The van der Waals surface area contributed by atoms with Gasteiger partial charge in [-0.3, -0.25) is 9.48 Å². The molecule has 0 aromatic carbocycles. The smallest absolute Gasteiger partial charge is 0.329 e. The summed E-state index contributed by atoms with van der Waals surface area (Å²) in [6.45, 7) is 7.87. The fourth-order valence-corrected chi connectivity index (χ4v) is 2.59. The van der Waals surface area contributed by atoms with E-state index in [1.54, 1.807) is 29.7 Å². The Hall–Kier alpha value is -1.85. The lowest BCUT2D eigenvalue weighted by atomic mass is 10.1. The van der Waals surface area contributed by atoms with Crippen LogP contribution in [0.2, 0.25) is 0 Å². The summed E-state index contributed by atoms with van der Waals surface area (Å²) in [6, 6.07) is -0.490. The van der Waals surface area contributed by atoms with Gasteiger partial charge >= 0.3 is 5.97 Å². The number of nitrogens with zero attached hydrogens (tertiary/aromatic N) is 3. The molecule has 0 saturated carbocycles. The molecule has 2 rings (SSSR count). The van der Waals surface area contributed by atoms with Crippen LogP contribution in [0.4, 0.5) is 0 Å². The molecule has 0 unspecified atom stereocenters. The van der Waals surface area contributed by atoms with E-state index in [0.717, 1.165) is 6.42 Å². The van der Waals surface area contributed by atoms with Crippen molar-refractivity contribution in [3.05, 3.63) is 17.5 Å². The van der Waals surface area contributed by atoms with Crippen molar-refractivity contribution in [1.82, 2.24) is 14.7 Å². The normalized spacial score (nSPS) is 18.9. The lowest BCUT2D eigenvalue weighted by Crippen LogP contribution is -2.43. The number of carbonyl (C=O) groups excluding carboxylic acids is 2. The lowest BCUT2D eigenvalue weighted by Gasteiger charge is -2.27. The van der Waals surface area contributed by atoms with Crippen LogP contribution in [0.1, 0.15) is 49.7 Å². The number of rotatable bonds is 2. The fraction of sp³-hybridized carbons (Fsp3) is 0.667. The minimum absolute atomic E-state index is 0.144. The van der Waals surface area contributed by atoms with Gasteiger partial charge in [-0.25, -0.2) is 4.79 Å².